The van der Waals surface area contributed by atoms with E-state index in [0.29, 0.717) is 30.4 Å². The van der Waals surface area contributed by atoms with Crippen LogP contribution in [0.3, 0.4) is 0 Å². The lowest BCUT2D eigenvalue weighted by Gasteiger charge is -2.32. The Hall–Kier alpha value is -2.90. The predicted molar refractivity (Wildman–Crippen MR) is 147 cm³/mol. The van der Waals surface area contributed by atoms with E-state index in [2.05, 4.69) is 59.9 Å². The van der Waals surface area contributed by atoms with Crippen LogP contribution in [0.15, 0.2) is 78.2 Å². The molecule has 1 saturated heterocycles. The van der Waals surface area contributed by atoms with Crippen LogP contribution in [0.1, 0.15) is 38.7 Å². The molecule has 3 aromatic carbocycles. The number of ether oxygens (including phenoxy) is 2. The smallest absolute Gasteiger partial charge is 0.346 e. The van der Waals surface area contributed by atoms with Crippen LogP contribution in [0.4, 0.5) is 0 Å². The number of halogens is 1. The third-order valence-electron chi connectivity index (χ3n) is 6.59. The van der Waals surface area contributed by atoms with Crippen LogP contribution in [-0.4, -0.2) is 36.9 Å². The van der Waals surface area contributed by atoms with E-state index < -0.39 is 5.97 Å². The van der Waals surface area contributed by atoms with Gasteiger partial charge < -0.3 is 19.9 Å². The zero-order valence-corrected chi connectivity index (χ0v) is 21.5. The quantitative estimate of drug-likeness (QED) is 0.269. The molecule has 0 saturated carbocycles. The van der Waals surface area contributed by atoms with E-state index in [1.54, 1.807) is 0 Å². The van der Waals surface area contributed by atoms with Gasteiger partial charge in [-0.05, 0) is 70.1 Å². The van der Waals surface area contributed by atoms with Crippen molar-refractivity contribution in [2.45, 2.75) is 31.5 Å². The first-order valence-corrected chi connectivity index (χ1v) is 12.9. The van der Waals surface area contributed by atoms with Gasteiger partial charge in [0.2, 0.25) is 0 Å². The molecule has 0 amide bonds. The summed E-state index contributed by atoms with van der Waals surface area (Å²) in [5, 5.41) is 17.0. The Balaban J connectivity index is 0.00000304. The fourth-order valence-electron chi connectivity index (χ4n) is 4.73. The van der Waals surface area contributed by atoms with Gasteiger partial charge in [0.25, 0.3) is 0 Å². The van der Waals surface area contributed by atoms with E-state index in [0.717, 1.165) is 30.8 Å². The zero-order valence-electron chi connectivity index (χ0n) is 19.9. The molecule has 1 fully saturated rings. The molecular weight excluding hydrogens is 494 g/mol. The first-order valence-electron chi connectivity index (χ1n) is 12.0. The summed E-state index contributed by atoms with van der Waals surface area (Å²) < 4.78 is 12.3. The Morgan fingerprint density at radius 1 is 1.03 bits per heavy atom. The third-order valence-corrected chi connectivity index (χ3v) is 7.54. The number of hydrogen-bond acceptors (Lipinski definition) is 5. The van der Waals surface area contributed by atoms with Crippen molar-refractivity contribution in [3.8, 4) is 5.75 Å². The van der Waals surface area contributed by atoms with Crippen LogP contribution in [0.2, 0.25) is 0 Å². The van der Waals surface area contributed by atoms with Crippen molar-refractivity contribution < 1.29 is 19.4 Å². The summed E-state index contributed by atoms with van der Waals surface area (Å²) in [6, 6.07) is 25.0. The molecule has 1 aromatic heterocycles. The highest BCUT2D eigenvalue weighted by molar-refractivity contribution is 7.12. The SMILES string of the molecule is Cl.O=C(O)c1sccc1CCOc1ccc(C2CCNCC2OCc2ccc3ccccc3c2)cc1. The van der Waals surface area contributed by atoms with Gasteiger partial charge in [-0.25, -0.2) is 4.79 Å². The van der Waals surface area contributed by atoms with Crippen LogP contribution in [-0.2, 0) is 17.8 Å². The van der Waals surface area contributed by atoms with Crippen molar-refractivity contribution in [2.75, 3.05) is 19.7 Å². The molecule has 36 heavy (non-hydrogen) atoms. The number of carbonyl (C=O) groups is 1. The Kier molecular flexibility index (Phi) is 8.99. The molecule has 2 unspecified atom stereocenters. The molecule has 2 N–H and O–H groups in total. The van der Waals surface area contributed by atoms with E-state index in [9.17, 15) is 9.90 Å². The molecule has 5 rings (SSSR count). The first kappa shape index (κ1) is 26.2. The topological polar surface area (TPSA) is 67.8 Å². The van der Waals surface area contributed by atoms with Crippen LogP contribution in [0, 0.1) is 0 Å². The molecule has 0 bridgehead atoms. The van der Waals surface area contributed by atoms with E-state index in [-0.39, 0.29) is 18.5 Å². The maximum Gasteiger partial charge on any atom is 0.346 e. The highest BCUT2D eigenvalue weighted by Crippen LogP contribution is 2.30. The number of fused-ring (bicyclic) bond motifs is 1. The van der Waals surface area contributed by atoms with Crippen LogP contribution >= 0.6 is 23.7 Å². The number of piperidine rings is 1. The number of hydrogen-bond donors (Lipinski definition) is 2. The minimum absolute atomic E-state index is 0. The molecular formula is C29H30ClNO4S. The van der Waals surface area contributed by atoms with Gasteiger partial charge >= 0.3 is 5.97 Å². The fraction of sp³-hybridized carbons (Fsp3) is 0.276. The monoisotopic (exact) mass is 523 g/mol. The summed E-state index contributed by atoms with van der Waals surface area (Å²) in [5.41, 5.74) is 3.27. The number of rotatable bonds is 9. The second-order valence-corrected chi connectivity index (χ2v) is 9.79. The maximum absolute atomic E-state index is 11.3. The van der Waals surface area contributed by atoms with Crippen molar-refractivity contribution in [3.05, 3.63) is 99.7 Å². The molecule has 4 aromatic rings. The lowest BCUT2D eigenvalue weighted by atomic mass is 9.87. The molecule has 2 atom stereocenters. The van der Waals surface area contributed by atoms with Gasteiger partial charge in [-0.1, -0.05) is 48.5 Å². The summed E-state index contributed by atoms with van der Waals surface area (Å²) in [6.45, 7) is 2.85. The van der Waals surface area contributed by atoms with Crippen molar-refractivity contribution in [2.24, 2.45) is 0 Å². The summed E-state index contributed by atoms with van der Waals surface area (Å²) in [6.07, 6.45) is 1.71. The van der Waals surface area contributed by atoms with Crippen LogP contribution in [0.25, 0.3) is 10.8 Å². The zero-order chi connectivity index (χ0) is 24.0. The normalized spacial score (nSPS) is 17.4. The average molecular weight is 524 g/mol. The van der Waals surface area contributed by atoms with Gasteiger partial charge in [-0.3, -0.25) is 0 Å². The highest BCUT2D eigenvalue weighted by atomic mass is 35.5. The summed E-state index contributed by atoms with van der Waals surface area (Å²) >= 11 is 1.25. The van der Waals surface area contributed by atoms with Crippen molar-refractivity contribution in [1.29, 1.82) is 0 Å². The minimum Gasteiger partial charge on any atom is -0.493 e. The molecule has 7 heteroatoms. The molecule has 188 valence electrons. The molecule has 0 aliphatic carbocycles. The van der Waals surface area contributed by atoms with Crippen LogP contribution < -0.4 is 10.1 Å². The van der Waals surface area contributed by atoms with E-state index >= 15 is 0 Å². The molecule has 2 heterocycles. The second kappa shape index (κ2) is 12.4. The number of aromatic carboxylic acids is 1. The predicted octanol–water partition coefficient (Wildman–Crippen LogP) is 6.31. The summed E-state index contributed by atoms with van der Waals surface area (Å²) in [4.78, 5) is 11.7. The largest absolute Gasteiger partial charge is 0.493 e. The number of carboxylic acids is 1. The molecule has 5 nitrogen and oxygen atoms in total. The van der Waals surface area contributed by atoms with Gasteiger partial charge in [0.05, 0.1) is 19.3 Å². The maximum atomic E-state index is 11.3. The summed E-state index contributed by atoms with van der Waals surface area (Å²) in [5.74, 6) is 0.247. The highest BCUT2D eigenvalue weighted by Gasteiger charge is 2.27. The second-order valence-electron chi connectivity index (χ2n) is 8.88. The number of benzene rings is 3. The van der Waals surface area contributed by atoms with E-state index in [4.69, 9.17) is 9.47 Å². The minimum atomic E-state index is -0.876. The first-order chi connectivity index (χ1) is 17.2. The Morgan fingerprint density at radius 2 is 1.83 bits per heavy atom. The fourth-order valence-corrected chi connectivity index (χ4v) is 5.52. The van der Waals surface area contributed by atoms with Gasteiger partial charge in [-0.2, -0.15) is 0 Å². The standard InChI is InChI=1S/C29H29NO4S.ClH/c31-29(32)28-23(13-16-35-28)12-15-33-25-9-7-22(8-10-25)26-11-14-30-18-27(26)34-19-20-5-6-21-3-1-2-4-24(21)17-20;/h1-10,13,16-17,26-27,30H,11-12,14-15,18-19H2,(H,31,32);1H. The van der Waals surface area contributed by atoms with Gasteiger partial charge in [0.1, 0.15) is 10.6 Å². The third kappa shape index (κ3) is 6.26. The average Bonchev–Trinajstić information content (AvgIpc) is 3.37. The van der Waals surface area contributed by atoms with E-state index in [1.165, 1.54) is 33.2 Å². The van der Waals surface area contributed by atoms with Gasteiger partial charge in [0, 0.05) is 18.9 Å². The molecule has 1 aliphatic heterocycles. The van der Waals surface area contributed by atoms with Crippen molar-refractivity contribution in [1.82, 2.24) is 5.32 Å². The lowest BCUT2D eigenvalue weighted by molar-refractivity contribution is 0.0106. The molecule has 0 radical (unpaired) electrons. The van der Waals surface area contributed by atoms with Crippen molar-refractivity contribution >= 4 is 40.5 Å². The number of nitrogens with one attached hydrogen (secondary N) is 1. The molecule has 0 spiro atoms. The Labute approximate surface area is 221 Å². The molecule has 1 aliphatic rings. The number of thiophene rings is 1. The Bertz CT molecular complexity index is 1290. The van der Waals surface area contributed by atoms with Gasteiger partial charge in [0.15, 0.2) is 0 Å². The van der Waals surface area contributed by atoms with Gasteiger partial charge in [-0.15, -0.1) is 23.7 Å². The summed E-state index contributed by atoms with van der Waals surface area (Å²) in [7, 11) is 0. The lowest BCUT2D eigenvalue weighted by Crippen LogP contribution is -2.40. The number of carboxylic acid groups (broad SMARTS) is 1. The van der Waals surface area contributed by atoms with Crippen molar-refractivity contribution in [3.63, 3.8) is 0 Å². The van der Waals surface area contributed by atoms with E-state index in [1.807, 2.05) is 23.6 Å². The van der Waals surface area contributed by atoms with Crippen LogP contribution in [0.5, 0.6) is 5.75 Å². The Morgan fingerprint density at radius 3 is 2.64 bits per heavy atom.